The quantitative estimate of drug-likeness (QED) is 0.912. The average molecular weight is 359 g/mol. The minimum Gasteiger partial charge on any atom is -0.496 e. The number of methoxy groups -OCH3 is 1. The summed E-state index contributed by atoms with van der Waals surface area (Å²) in [6.45, 7) is 0.567. The molecule has 1 aliphatic heterocycles. The molecular formula is C20H20ClFN2O. The van der Waals surface area contributed by atoms with Crippen LogP contribution in [0, 0.1) is 5.82 Å². The van der Waals surface area contributed by atoms with Gasteiger partial charge >= 0.3 is 0 Å². The molecule has 3 rings (SSSR count). The average Bonchev–Trinajstić information content (AvgIpc) is 2.73. The summed E-state index contributed by atoms with van der Waals surface area (Å²) >= 11 is 6.21. The van der Waals surface area contributed by atoms with E-state index in [0.717, 1.165) is 16.0 Å². The standard InChI is InChI=1S/C20H20ClFN2O/c1-24(2)12-13-9-14-7-8-15(21)10-16(14)20(23-11-13)19-17(22)5-4-6-18(19)25-3/h4-10,12,23H,11H2,1-3H3/b13-12+. The minimum absolute atomic E-state index is 0.340. The molecule has 1 N–H and O–H groups in total. The van der Waals surface area contributed by atoms with E-state index in [2.05, 4.69) is 11.4 Å². The van der Waals surface area contributed by atoms with E-state index in [0.29, 0.717) is 28.6 Å². The molecule has 0 radical (unpaired) electrons. The molecule has 25 heavy (non-hydrogen) atoms. The Morgan fingerprint density at radius 2 is 2.04 bits per heavy atom. The Balaban J connectivity index is 2.36. The highest BCUT2D eigenvalue weighted by molar-refractivity contribution is 6.30. The second-order valence-electron chi connectivity index (χ2n) is 6.09. The Hall–Kier alpha value is -2.46. The zero-order chi connectivity index (χ0) is 18.0. The second-order valence-corrected chi connectivity index (χ2v) is 6.53. The minimum atomic E-state index is -0.340. The van der Waals surface area contributed by atoms with E-state index in [1.54, 1.807) is 12.1 Å². The lowest BCUT2D eigenvalue weighted by Crippen LogP contribution is -2.31. The maximum atomic E-state index is 14.6. The predicted octanol–water partition coefficient (Wildman–Crippen LogP) is 2.47. The molecule has 2 aromatic carbocycles. The van der Waals surface area contributed by atoms with E-state index < -0.39 is 0 Å². The fraction of sp³-hybridized carbons (Fsp3) is 0.200. The zero-order valence-electron chi connectivity index (χ0n) is 14.4. The Kier molecular flexibility index (Phi) is 5.00. The van der Waals surface area contributed by atoms with Gasteiger partial charge in [-0.15, -0.1) is 0 Å². The van der Waals surface area contributed by atoms with Crippen LogP contribution in [0.25, 0.3) is 11.8 Å². The van der Waals surface area contributed by atoms with E-state index in [-0.39, 0.29) is 5.82 Å². The summed E-state index contributed by atoms with van der Waals surface area (Å²) in [4.78, 5) is 1.98. The predicted molar refractivity (Wildman–Crippen MR) is 100 cm³/mol. The van der Waals surface area contributed by atoms with Crippen molar-refractivity contribution >= 4 is 23.4 Å². The maximum absolute atomic E-state index is 14.6. The second kappa shape index (κ2) is 7.19. The summed E-state index contributed by atoms with van der Waals surface area (Å²) in [7, 11) is 5.48. The summed E-state index contributed by atoms with van der Waals surface area (Å²) in [5, 5.41) is 5.78. The van der Waals surface area contributed by atoms with Crippen molar-refractivity contribution in [2.24, 2.45) is 0 Å². The first-order valence-electron chi connectivity index (χ1n) is 7.95. The molecule has 0 aromatic heterocycles. The van der Waals surface area contributed by atoms with Crippen molar-refractivity contribution in [3.8, 4) is 5.75 Å². The van der Waals surface area contributed by atoms with Gasteiger partial charge in [0.2, 0.25) is 0 Å². The van der Waals surface area contributed by atoms with Crippen molar-refractivity contribution in [1.29, 1.82) is 0 Å². The van der Waals surface area contributed by atoms with Gasteiger partial charge in [-0.05, 0) is 41.1 Å². The first kappa shape index (κ1) is 17.4. The largest absolute Gasteiger partial charge is 0.496 e. The first-order valence-corrected chi connectivity index (χ1v) is 8.33. The fourth-order valence-corrected chi connectivity index (χ4v) is 3.13. The number of benzene rings is 2. The summed E-state index contributed by atoms with van der Waals surface area (Å²) in [5.41, 5.74) is 2.16. The number of rotatable bonds is 3. The maximum Gasteiger partial charge on any atom is 0.136 e. The third-order valence-electron chi connectivity index (χ3n) is 3.96. The number of halogens is 2. The zero-order valence-corrected chi connectivity index (χ0v) is 15.2. The topological polar surface area (TPSA) is 24.5 Å². The molecule has 0 saturated heterocycles. The Labute approximate surface area is 151 Å². The lowest BCUT2D eigenvalue weighted by Gasteiger charge is -2.15. The van der Waals surface area contributed by atoms with Gasteiger partial charge in [-0.2, -0.15) is 0 Å². The van der Waals surface area contributed by atoms with Gasteiger partial charge in [-0.1, -0.05) is 23.7 Å². The molecule has 0 unspecified atom stereocenters. The van der Waals surface area contributed by atoms with Crippen LogP contribution in [0.1, 0.15) is 5.56 Å². The Bertz CT molecular complexity index is 951. The molecule has 0 saturated carbocycles. The highest BCUT2D eigenvalue weighted by Gasteiger charge is 2.17. The summed E-state index contributed by atoms with van der Waals surface area (Å²) in [5.74, 6) is 0.140. The monoisotopic (exact) mass is 358 g/mol. The van der Waals surface area contributed by atoms with Crippen LogP contribution in [0.5, 0.6) is 5.75 Å². The molecule has 0 fully saturated rings. The van der Waals surface area contributed by atoms with Crippen LogP contribution in [0.3, 0.4) is 0 Å². The van der Waals surface area contributed by atoms with Crippen molar-refractivity contribution in [2.75, 3.05) is 27.7 Å². The van der Waals surface area contributed by atoms with Crippen LogP contribution < -0.4 is 20.5 Å². The molecule has 2 aromatic rings. The third kappa shape index (κ3) is 3.64. The highest BCUT2D eigenvalue weighted by atomic mass is 35.5. The van der Waals surface area contributed by atoms with Crippen molar-refractivity contribution in [2.45, 2.75) is 0 Å². The molecule has 3 nitrogen and oxygen atoms in total. The number of fused-ring (bicyclic) bond motifs is 1. The fourth-order valence-electron chi connectivity index (χ4n) is 2.96. The third-order valence-corrected chi connectivity index (χ3v) is 4.20. The smallest absolute Gasteiger partial charge is 0.136 e. The number of hydrogen-bond donors (Lipinski definition) is 1. The summed E-state index contributed by atoms with van der Waals surface area (Å²) < 4.78 is 20.0. The van der Waals surface area contributed by atoms with E-state index in [1.165, 1.54) is 13.2 Å². The van der Waals surface area contributed by atoms with E-state index in [9.17, 15) is 4.39 Å². The molecule has 5 heteroatoms. The molecule has 0 amide bonds. The number of hydrogen-bond acceptors (Lipinski definition) is 3. The molecule has 1 aliphatic rings. The summed E-state index contributed by atoms with van der Waals surface area (Å²) in [6, 6.07) is 10.5. The van der Waals surface area contributed by atoms with Gasteiger partial charge in [0.15, 0.2) is 0 Å². The molecule has 0 spiro atoms. The van der Waals surface area contributed by atoms with Gasteiger partial charge in [0.25, 0.3) is 0 Å². The van der Waals surface area contributed by atoms with Crippen LogP contribution in [-0.2, 0) is 0 Å². The molecular weight excluding hydrogens is 339 g/mol. The molecule has 1 heterocycles. The molecule has 0 aliphatic carbocycles. The Morgan fingerprint density at radius 1 is 1.24 bits per heavy atom. The van der Waals surface area contributed by atoms with Gasteiger partial charge in [-0.3, -0.25) is 0 Å². The molecule has 0 atom stereocenters. The van der Waals surface area contributed by atoms with E-state index in [4.69, 9.17) is 16.3 Å². The van der Waals surface area contributed by atoms with Gasteiger partial charge in [0.1, 0.15) is 11.6 Å². The van der Waals surface area contributed by atoms with Gasteiger partial charge in [0.05, 0.1) is 18.4 Å². The van der Waals surface area contributed by atoms with Crippen molar-refractivity contribution in [3.63, 3.8) is 0 Å². The lowest BCUT2D eigenvalue weighted by atomic mass is 10.1. The van der Waals surface area contributed by atoms with Gasteiger partial charge < -0.3 is 15.0 Å². The van der Waals surface area contributed by atoms with Crippen molar-refractivity contribution < 1.29 is 9.13 Å². The SMILES string of the molecule is COc1cccc(F)c1C1=c2cc(Cl)ccc2=C/C(=C\N(C)C)CN1. The van der Waals surface area contributed by atoms with Gasteiger partial charge in [0, 0.05) is 37.1 Å². The van der Waals surface area contributed by atoms with Gasteiger partial charge in [-0.25, -0.2) is 4.39 Å². The van der Waals surface area contributed by atoms with Crippen LogP contribution in [-0.4, -0.2) is 32.6 Å². The summed E-state index contributed by atoms with van der Waals surface area (Å²) in [6.07, 6.45) is 4.12. The highest BCUT2D eigenvalue weighted by Crippen LogP contribution is 2.26. The van der Waals surface area contributed by atoms with Crippen LogP contribution in [0.4, 0.5) is 4.39 Å². The van der Waals surface area contributed by atoms with Crippen LogP contribution >= 0.6 is 11.6 Å². The van der Waals surface area contributed by atoms with E-state index in [1.807, 2.05) is 43.4 Å². The number of ether oxygens (including phenoxy) is 1. The lowest BCUT2D eigenvalue weighted by molar-refractivity contribution is 0.409. The van der Waals surface area contributed by atoms with Crippen molar-refractivity contribution in [1.82, 2.24) is 10.2 Å². The van der Waals surface area contributed by atoms with E-state index >= 15 is 0 Å². The van der Waals surface area contributed by atoms with Crippen LogP contribution in [0.15, 0.2) is 48.2 Å². The number of nitrogens with zero attached hydrogens (tertiary/aromatic N) is 1. The Morgan fingerprint density at radius 3 is 2.76 bits per heavy atom. The number of nitrogens with one attached hydrogen (secondary N) is 1. The first-order chi connectivity index (χ1) is 12.0. The van der Waals surface area contributed by atoms with Crippen LogP contribution in [0.2, 0.25) is 5.02 Å². The normalized spacial score (nSPS) is 15.1. The molecule has 130 valence electrons. The van der Waals surface area contributed by atoms with Crippen molar-refractivity contribution in [3.05, 3.63) is 75.0 Å². The molecule has 0 bridgehead atoms.